The second-order valence-corrected chi connectivity index (χ2v) is 4.75. The van der Waals surface area contributed by atoms with Crippen LogP contribution in [0.3, 0.4) is 0 Å². The van der Waals surface area contributed by atoms with Gasteiger partial charge in [-0.15, -0.1) is 0 Å². The van der Waals surface area contributed by atoms with Gasteiger partial charge in [0.05, 0.1) is 6.10 Å². The van der Waals surface area contributed by atoms with Crippen molar-refractivity contribution in [2.75, 3.05) is 23.7 Å². The topological polar surface area (TPSA) is 62.4 Å². The minimum atomic E-state index is -0.309. The van der Waals surface area contributed by atoms with Crippen LogP contribution in [-0.2, 0) is 0 Å². The van der Waals surface area contributed by atoms with Gasteiger partial charge >= 0.3 is 0 Å². The third-order valence-electron chi connectivity index (χ3n) is 3.05. The molecule has 0 spiro atoms. The number of aromatic nitrogens is 1. The molecule has 2 rings (SSSR count). The summed E-state index contributed by atoms with van der Waals surface area (Å²) in [5.74, 6) is 1.09. The average molecular weight is 242 g/mol. The lowest BCUT2D eigenvalue weighted by Gasteiger charge is -2.35. The van der Waals surface area contributed by atoms with Crippen molar-refractivity contribution < 1.29 is 5.11 Å². The molecular weight excluding hydrogens is 226 g/mol. The summed E-state index contributed by atoms with van der Waals surface area (Å²) in [6.07, 6.45) is 0.644. The van der Waals surface area contributed by atoms with Gasteiger partial charge in [0.15, 0.2) is 0 Å². The lowest BCUT2D eigenvalue weighted by Crippen LogP contribution is -2.43. The second kappa shape index (κ2) is 4.47. The predicted octanol–water partition coefficient (Wildman–Crippen LogP) is 1.52. The summed E-state index contributed by atoms with van der Waals surface area (Å²) in [7, 11) is 0. The smallest absolute Gasteiger partial charge is 0.133 e. The zero-order valence-corrected chi connectivity index (χ0v) is 9.98. The van der Waals surface area contributed by atoms with E-state index in [4.69, 9.17) is 17.3 Å². The van der Waals surface area contributed by atoms with Crippen LogP contribution in [0.1, 0.15) is 13.3 Å². The SMILES string of the molecule is CC1CCN(c2cc(N)cc(Cl)n2)CC1O. The van der Waals surface area contributed by atoms with Crippen molar-refractivity contribution >= 4 is 23.1 Å². The van der Waals surface area contributed by atoms with Crippen molar-refractivity contribution in [1.82, 2.24) is 4.98 Å². The molecule has 0 bridgehead atoms. The molecule has 1 aromatic rings. The first-order valence-electron chi connectivity index (χ1n) is 5.42. The number of nitrogens with zero attached hydrogens (tertiary/aromatic N) is 2. The molecule has 3 N–H and O–H groups in total. The van der Waals surface area contributed by atoms with Gasteiger partial charge in [0.2, 0.25) is 0 Å². The van der Waals surface area contributed by atoms with Crippen molar-refractivity contribution in [2.45, 2.75) is 19.4 Å². The first kappa shape index (κ1) is 11.5. The Balaban J connectivity index is 2.18. The molecule has 0 radical (unpaired) electrons. The van der Waals surface area contributed by atoms with E-state index in [1.54, 1.807) is 12.1 Å². The fourth-order valence-electron chi connectivity index (χ4n) is 1.92. The largest absolute Gasteiger partial charge is 0.399 e. The molecule has 5 heteroatoms. The monoisotopic (exact) mass is 241 g/mol. The van der Waals surface area contributed by atoms with Gasteiger partial charge in [-0.25, -0.2) is 4.98 Å². The van der Waals surface area contributed by atoms with Crippen molar-refractivity contribution in [1.29, 1.82) is 0 Å². The van der Waals surface area contributed by atoms with Gasteiger partial charge in [-0.1, -0.05) is 18.5 Å². The summed E-state index contributed by atoms with van der Waals surface area (Å²) >= 11 is 5.85. The Morgan fingerprint density at radius 1 is 1.56 bits per heavy atom. The molecule has 1 aliphatic rings. The number of rotatable bonds is 1. The van der Waals surface area contributed by atoms with Crippen LogP contribution in [0.15, 0.2) is 12.1 Å². The van der Waals surface area contributed by atoms with Crippen molar-refractivity contribution in [2.24, 2.45) is 5.92 Å². The Kier molecular flexibility index (Phi) is 3.21. The van der Waals surface area contributed by atoms with E-state index in [9.17, 15) is 5.11 Å². The minimum Gasteiger partial charge on any atom is -0.399 e. The molecule has 0 saturated carbocycles. The van der Waals surface area contributed by atoms with Crippen LogP contribution in [0, 0.1) is 5.92 Å². The maximum atomic E-state index is 9.81. The van der Waals surface area contributed by atoms with E-state index in [2.05, 4.69) is 11.9 Å². The normalized spacial score (nSPS) is 25.8. The molecule has 88 valence electrons. The Morgan fingerprint density at radius 2 is 2.31 bits per heavy atom. The van der Waals surface area contributed by atoms with Crippen LogP contribution in [0.2, 0.25) is 5.15 Å². The number of pyridine rings is 1. The zero-order chi connectivity index (χ0) is 11.7. The number of anilines is 2. The maximum absolute atomic E-state index is 9.81. The van der Waals surface area contributed by atoms with Gasteiger partial charge in [0, 0.05) is 24.8 Å². The highest BCUT2D eigenvalue weighted by Crippen LogP contribution is 2.24. The number of piperidine rings is 1. The van der Waals surface area contributed by atoms with E-state index in [1.165, 1.54) is 0 Å². The molecule has 0 amide bonds. The molecule has 0 aliphatic carbocycles. The quantitative estimate of drug-likeness (QED) is 0.732. The van der Waals surface area contributed by atoms with Gasteiger partial charge in [-0.2, -0.15) is 0 Å². The number of hydrogen-bond acceptors (Lipinski definition) is 4. The first-order chi connectivity index (χ1) is 7.56. The number of hydrogen-bond donors (Lipinski definition) is 2. The van der Waals surface area contributed by atoms with E-state index < -0.39 is 0 Å². The van der Waals surface area contributed by atoms with Gasteiger partial charge in [0.25, 0.3) is 0 Å². The van der Waals surface area contributed by atoms with Crippen LogP contribution in [0.4, 0.5) is 11.5 Å². The van der Waals surface area contributed by atoms with Crippen molar-refractivity contribution in [3.05, 3.63) is 17.3 Å². The highest BCUT2D eigenvalue weighted by atomic mass is 35.5. The molecule has 16 heavy (non-hydrogen) atoms. The first-order valence-corrected chi connectivity index (χ1v) is 5.80. The highest BCUT2D eigenvalue weighted by molar-refractivity contribution is 6.29. The van der Waals surface area contributed by atoms with Crippen LogP contribution in [0.5, 0.6) is 0 Å². The van der Waals surface area contributed by atoms with Gasteiger partial charge in [0.1, 0.15) is 11.0 Å². The summed E-state index contributed by atoms with van der Waals surface area (Å²) < 4.78 is 0. The van der Waals surface area contributed by atoms with Crippen molar-refractivity contribution in [3.63, 3.8) is 0 Å². The van der Waals surface area contributed by atoms with Crippen LogP contribution < -0.4 is 10.6 Å². The lowest BCUT2D eigenvalue weighted by atomic mass is 9.96. The lowest BCUT2D eigenvalue weighted by molar-refractivity contribution is 0.102. The fraction of sp³-hybridized carbons (Fsp3) is 0.545. The number of β-amino-alcohol motifs (C(OH)–C–C–N with tert-alkyl or cyclic N) is 1. The van der Waals surface area contributed by atoms with E-state index >= 15 is 0 Å². The Morgan fingerprint density at radius 3 is 2.94 bits per heavy atom. The molecule has 0 aromatic carbocycles. The van der Waals surface area contributed by atoms with E-state index in [-0.39, 0.29) is 6.10 Å². The van der Waals surface area contributed by atoms with E-state index in [0.717, 1.165) is 18.8 Å². The molecule has 2 atom stereocenters. The maximum Gasteiger partial charge on any atom is 0.133 e. The zero-order valence-electron chi connectivity index (χ0n) is 9.23. The van der Waals surface area contributed by atoms with Gasteiger partial charge in [-0.05, 0) is 18.4 Å². The summed E-state index contributed by atoms with van der Waals surface area (Å²) in [5, 5.41) is 10.2. The number of aliphatic hydroxyl groups excluding tert-OH is 1. The summed E-state index contributed by atoms with van der Waals surface area (Å²) in [4.78, 5) is 6.24. The molecule has 1 aliphatic heterocycles. The van der Waals surface area contributed by atoms with Crippen molar-refractivity contribution in [3.8, 4) is 0 Å². The van der Waals surface area contributed by atoms with Crippen LogP contribution >= 0.6 is 11.6 Å². The van der Waals surface area contributed by atoms with Crippen LogP contribution in [-0.4, -0.2) is 29.3 Å². The third-order valence-corrected chi connectivity index (χ3v) is 3.24. The highest BCUT2D eigenvalue weighted by Gasteiger charge is 2.25. The van der Waals surface area contributed by atoms with E-state index in [0.29, 0.717) is 23.3 Å². The average Bonchev–Trinajstić information content (AvgIpc) is 2.20. The molecule has 1 aromatic heterocycles. The number of halogens is 1. The number of aliphatic hydroxyl groups is 1. The number of nitrogen functional groups attached to an aromatic ring is 1. The number of nitrogens with two attached hydrogens (primary N) is 1. The third kappa shape index (κ3) is 2.39. The molecule has 2 heterocycles. The molecule has 4 nitrogen and oxygen atoms in total. The second-order valence-electron chi connectivity index (χ2n) is 4.36. The minimum absolute atomic E-state index is 0.309. The fourth-order valence-corrected chi connectivity index (χ4v) is 2.13. The van der Waals surface area contributed by atoms with Gasteiger partial charge in [-0.3, -0.25) is 0 Å². The van der Waals surface area contributed by atoms with Crippen LogP contribution in [0.25, 0.3) is 0 Å². The standard InChI is InChI=1S/C11H16ClN3O/c1-7-2-3-15(6-9(7)16)11-5-8(13)4-10(12)14-11/h4-5,7,9,16H,2-3,6H2,1H3,(H2,13,14). The molecule has 1 fully saturated rings. The summed E-state index contributed by atoms with van der Waals surface area (Å²) in [5.41, 5.74) is 6.31. The van der Waals surface area contributed by atoms with Gasteiger partial charge < -0.3 is 15.7 Å². The molecular formula is C11H16ClN3O. The Hall–Kier alpha value is -1.00. The van der Waals surface area contributed by atoms with E-state index in [1.807, 2.05) is 4.90 Å². The summed E-state index contributed by atoms with van der Waals surface area (Å²) in [6, 6.07) is 3.41. The Bertz CT molecular complexity index is 365. The summed E-state index contributed by atoms with van der Waals surface area (Å²) in [6.45, 7) is 3.53. The molecule has 1 saturated heterocycles. The Labute approximate surface area is 100 Å². The molecule has 2 unspecified atom stereocenters. The predicted molar refractivity (Wildman–Crippen MR) is 65.7 cm³/mol.